The second kappa shape index (κ2) is 5.73. The van der Waals surface area contributed by atoms with Crippen molar-refractivity contribution in [1.29, 1.82) is 0 Å². The van der Waals surface area contributed by atoms with Crippen LogP contribution in [0.1, 0.15) is 18.6 Å². The van der Waals surface area contributed by atoms with E-state index in [9.17, 15) is 18.0 Å². The number of aromatic nitrogens is 2. The van der Waals surface area contributed by atoms with E-state index in [0.29, 0.717) is 21.3 Å². The number of hydrogen-bond acceptors (Lipinski definition) is 5. The minimum absolute atomic E-state index is 0.0559. The van der Waals surface area contributed by atoms with Gasteiger partial charge in [0.25, 0.3) is 0 Å². The van der Waals surface area contributed by atoms with Gasteiger partial charge >= 0.3 is 12.2 Å². The fourth-order valence-electron chi connectivity index (χ4n) is 2.64. The molecule has 1 aliphatic carbocycles. The SMILES string of the molecule is O=C(Nc1cc(C2(C(F)(F)F)CC2)on1)Nc1ccc(Br)c2ncoc12. The molecule has 136 valence electrons. The topological polar surface area (TPSA) is 93.2 Å². The van der Waals surface area contributed by atoms with Gasteiger partial charge in [0.05, 0.1) is 5.69 Å². The highest BCUT2D eigenvalue weighted by Gasteiger charge is 2.66. The van der Waals surface area contributed by atoms with Crippen molar-refractivity contribution in [2.75, 3.05) is 10.6 Å². The monoisotopic (exact) mass is 430 g/mol. The van der Waals surface area contributed by atoms with Crippen LogP contribution in [0.15, 0.2) is 38.0 Å². The first kappa shape index (κ1) is 16.9. The summed E-state index contributed by atoms with van der Waals surface area (Å²) in [4.78, 5) is 16.1. The molecule has 1 saturated carbocycles. The van der Waals surface area contributed by atoms with Crippen molar-refractivity contribution in [3.63, 3.8) is 0 Å². The van der Waals surface area contributed by atoms with E-state index >= 15 is 0 Å². The van der Waals surface area contributed by atoms with Crippen LogP contribution in [-0.4, -0.2) is 22.3 Å². The zero-order valence-corrected chi connectivity index (χ0v) is 14.4. The lowest BCUT2D eigenvalue weighted by Gasteiger charge is -2.14. The maximum Gasteiger partial charge on any atom is 0.401 e. The largest absolute Gasteiger partial charge is 0.441 e. The molecule has 4 rings (SSSR count). The van der Waals surface area contributed by atoms with Gasteiger partial charge in [0.1, 0.15) is 10.9 Å². The number of urea groups is 1. The van der Waals surface area contributed by atoms with E-state index in [4.69, 9.17) is 8.94 Å². The maximum atomic E-state index is 13.1. The number of alkyl halides is 3. The van der Waals surface area contributed by atoms with Gasteiger partial charge in [-0.25, -0.2) is 9.78 Å². The van der Waals surface area contributed by atoms with E-state index in [-0.39, 0.29) is 24.4 Å². The Balaban J connectivity index is 1.49. The first-order chi connectivity index (χ1) is 12.3. The summed E-state index contributed by atoms with van der Waals surface area (Å²) < 4.78 is 50.0. The number of fused-ring (bicyclic) bond motifs is 1. The van der Waals surface area contributed by atoms with E-state index < -0.39 is 17.6 Å². The van der Waals surface area contributed by atoms with E-state index in [1.165, 1.54) is 6.39 Å². The fraction of sp³-hybridized carbons (Fsp3) is 0.267. The van der Waals surface area contributed by atoms with E-state index in [1.807, 2.05) is 0 Å². The van der Waals surface area contributed by atoms with Gasteiger partial charge in [-0.3, -0.25) is 5.32 Å². The summed E-state index contributed by atoms with van der Waals surface area (Å²) in [5, 5.41) is 8.36. The molecule has 2 heterocycles. The molecule has 0 atom stereocenters. The number of amides is 2. The molecule has 0 spiro atoms. The molecule has 0 radical (unpaired) electrons. The minimum Gasteiger partial charge on any atom is -0.441 e. The van der Waals surface area contributed by atoms with Crippen molar-refractivity contribution in [1.82, 2.24) is 10.1 Å². The van der Waals surface area contributed by atoms with Crippen LogP contribution < -0.4 is 10.6 Å². The molecule has 1 fully saturated rings. The van der Waals surface area contributed by atoms with Crippen LogP contribution in [0.4, 0.5) is 29.5 Å². The number of oxazole rings is 1. The zero-order chi connectivity index (χ0) is 18.5. The summed E-state index contributed by atoms with van der Waals surface area (Å²) in [5.41, 5.74) is -0.777. The molecule has 2 N–H and O–H groups in total. The van der Waals surface area contributed by atoms with Crippen LogP contribution in [-0.2, 0) is 5.41 Å². The predicted molar refractivity (Wildman–Crippen MR) is 87.8 cm³/mol. The highest BCUT2D eigenvalue weighted by atomic mass is 79.9. The summed E-state index contributed by atoms with van der Waals surface area (Å²) in [6.45, 7) is 0. The van der Waals surface area contributed by atoms with Crippen molar-refractivity contribution in [3.8, 4) is 0 Å². The normalized spacial score (nSPS) is 15.8. The smallest absolute Gasteiger partial charge is 0.401 e. The van der Waals surface area contributed by atoms with Crippen molar-refractivity contribution < 1.29 is 26.9 Å². The Labute approximate surface area is 152 Å². The highest BCUT2D eigenvalue weighted by molar-refractivity contribution is 9.10. The van der Waals surface area contributed by atoms with Crippen molar-refractivity contribution in [2.24, 2.45) is 0 Å². The van der Waals surface area contributed by atoms with Crippen LogP contribution >= 0.6 is 15.9 Å². The lowest BCUT2D eigenvalue weighted by molar-refractivity contribution is -0.165. The summed E-state index contributed by atoms with van der Waals surface area (Å²) in [6, 6.07) is 3.65. The Morgan fingerprint density at radius 2 is 2.04 bits per heavy atom. The zero-order valence-electron chi connectivity index (χ0n) is 12.9. The van der Waals surface area contributed by atoms with Gasteiger partial charge in [-0.05, 0) is 40.9 Å². The second-order valence-corrected chi connectivity index (χ2v) is 6.71. The van der Waals surface area contributed by atoms with Crippen molar-refractivity contribution >= 4 is 44.6 Å². The molecule has 26 heavy (non-hydrogen) atoms. The molecule has 0 saturated heterocycles. The molecular formula is C15H10BrF3N4O3. The van der Waals surface area contributed by atoms with Crippen molar-refractivity contribution in [2.45, 2.75) is 24.4 Å². The molecule has 7 nitrogen and oxygen atoms in total. The molecule has 1 aromatic carbocycles. The molecule has 2 amide bonds. The lowest BCUT2D eigenvalue weighted by atomic mass is 10.0. The second-order valence-electron chi connectivity index (χ2n) is 5.86. The first-order valence-electron chi connectivity index (χ1n) is 7.44. The first-order valence-corrected chi connectivity index (χ1v) is 8.23. The van der Waals surface area contributed by atoms with E-state index in [0.717, 1.165) is 6.07 Å². The van der Waals surface area contributed by atoms with Crippen LogP contribution in [0.25, 0.3) is 11.1 Å². The summed E-state index contributed by atoms with van der Waals surface area (Å²) in [7, 11) is 0. The Hall–Kier alpha value is -2.56. The van der Waals surface area contributed by atoms with Gasteiger partial charge in [-0.2, -0.15) is 13.2 Å². The number of benzene rings is 1. The molecule has 0 aliphatic heterocycles. The van der Waals surface area contributed by atoms with Crippen LogP contribution in [0, 0.1) is 0 Å². The number of nitrogens with one attached hydrogen (secondary N) is 2. The fourth-order valence-corrected chi connectivity index (χ4v) is 3.06. The number of anilines is 2. The third kappa shape index (κ3) is 2.71. The Morgan fingerprint density at radius 3 is 2.73 bits per heavy atom. The molecule has 3 aromatic rings. The number of hydrogen-bond donors (Lipinski definition) is 2. The molecule has 2 aromatic heterocycles. The molecule has 11 heteroatoms. The number of halogens is 4. The maximum absolute atomic E-state index is 13.1. The standard InChI is InChI=1S/C15H10BrF3N4O3/c16-7-1-2-8(12-11(7)20-6-25-12)21-13(24)22-10-5-9(26-23-10)14(3-4-14)15(17,18)19/h1-2,5-6H,3-4H2,(H2,21,22,23,24). The van der Waals surface area contributed by atoms with Crippen LogP contribution in [0.2, 0.25) is 0 Å². The third-order valence-corrected chi connectivity index (χ3v) is 4.84. The van der Waals surface area contributed by atoms with Gasteiger partial charge < -0.3 is 14.3 Å². The van der Waals surface area contributed by atoms with Crippen LogP contribution in [0.5, 0.6) is 0 Å². The summed E-state index contributed by atoms with van der Waals surface area (Å²) in [6.07, 6.45) is -3.30. The van der Waals surface area contributed by atoms with Gasteiger partial charge in [0.15, 0.2) is 23.6 Å². The van der Waals surface area contributed by atoms with Gasteiger partial charge in [0.2, 0.25) is 0 Å². The number of carbonyl (C=O) groups excluding carboxylic acids is 1. The average Bonchev–Trinajstić information content (AvgIpc) is 3.02. The van der Waals surface area contributed by atoms with Gasteiger partial charge in [0, 0.05) is 10.5 Å². The quantitative estimate of drug-likeness (QED) is 0.621. The lowest BCUT2D eigenvalue weighted by Crippen LogP contribution is -2.28. The summed E-state index contributed by atoms with van der Waals surface area (Å²) >= 11 is 3.31. The van der Waals surface area contributed by atoms with E-state index in [2.05, 4.69) is 36.7 Å². The van der Waals surface area contributed by atoms with Crippen LogP contribution in [0.3, 0.4) is 0 Å². The number of nitrogens with zero attached hydrogens (tertiary/aromatic N) is 2. The molecular weight excluding hydrogens is 421 g/mol. The number of rotatable bonds is 3. The number of carbonyl (C=O) groups is 1. The van der Waals surface area contributed by atoms with E-state index in [1.54, 1.807) is 12.1 Å². The summed E-state index contributed by atoms with van der Waals surface area (Å²) in [5.74, 6) is -0.416. The predicted octanol–water partition coefficient (Wildman–Crippen LogP) is 4.82. The average molecular weight is 431 g/mol. The van der Waals surface area contributed by atoms with Gasteiger partial charge in [-0.15, -0.1) is 0 Å². The van der Waals surface area contributed by atoms with Gasteiger partial charge in [-0.1, -0.05) is 5.16 Å². The van der Waals surface area contributed by atoms with Crippen molar-refractivity contribution in [3.05, 3.63) is 34.8 Å². The Bertz CT molecular complexity index is 994. The Morgan fingerprint density at radius 1 is 1.27 bits per heavy atom. The molecule has 0 unspecified atom stereocenters. The minimum atomic E-state index is -4.42. The molecule has 0 bridgehead atoms. The molecule has 1 aliphatic rings. The Kier molecular flexibility index (Phi) is 3.72. The highest BCUT2D eigenvalue weighted by Crippen LogP contribution is 2.59. The third-order valence-electron chi connectivity index (χ3n) is 4.20.